The van der Waals surface area contributed by atoms with Crippen LogP contribution >= 0.6 is 11.8 Å². The fourth-order valence-corrected chi connectivity index (χ4v) is 3.72. The van der Waals surface area contributed by atoms with Gasteiger partial charge in [-0.2, -0.15) is 0 Å². The molecule has 0 unspecified atom stereocenters. The van der Waals surface area contributed by atoms with Crippen LogP contribution in [-0.2, 0) is 4.79 Å². The first-order valence-electron chi connectivity index (χ1n) is 8.65. The Labute approximate surface area is 158 Å². The van der Waals surface area contributed by atoms with E-state index in [1.807, 2.05) is 44.2 Å². The van der Waals surface area contributed by atoms with Crippen molar-refractivity contribution in [1.29, 1.82) is 0 Å². The van der Waals surface area contributed by atoms with Crippen molar-refractivity contribution in [2.24, 2.45) is 4.99 Å². The number of thioether (sulfide) groups is 1. The summed E-state index contributed by atoms with van der Waals surface area (Å²) in [5, 5.41) is 10.3. The average Bonchev–Trinajstić information content (AvgIpc) is 2.91. The number of benzene rings is 2. The van der Waals surface area contributed by atoms with Gasteiger partial charge in [-0.25, -0.2) is 4.99 Å². The summed E-state index contributed by atoms with van der Waals surface area (Å²) < 4.78 is 0. The number of amides is 1. The zero-order valence-electron chi connectivity index (χ0n) is 15.1. The Morgan fingerprint density at radius 1 is 1.23 bits per heavy atom. The second kappa shape index (κ2) is 7.79. The minimum atomic E-state index is -0.0430. The summed E-state index contributed by atoms with van der Waals surface area (Å²) in [6.07, 6.45) is 2.65. The van der Waals surface area contributed by atoms with Crippen LogP contribution in [0.2, 0.25) is 0 Å². The van der Waals surface area contributed by atoms with Gasteiger partial charge >= 0.3 is 0 Å². The molecule has 4 nitrogen and oxygen atoms in total. The first-order chi connectivity index (χ1) is 12.5. The largest absolute Gasteiger partial charge is 0.508 e. The fraction of sp³-hybridized carbons (Fsp3) is 0.238. The number of aliphatic imine (C=N–C) groups is 1. The summed E-state index contributed by atoms with van der Waals surface area (Å²) in [6.45, 7) is 6.12. The molecule has 1 saturated heterocycles. The lowest BCUT2D eigenvalue weighted by Crippen LogP contribution is -2.36. The fourth-order valence-electron chi connectivity index (χ4n) is 2.63. The van der Waals surface area contributed by atoms with Crippen molar-refractivity contribution in [3.05, 3.63) is 64.6 Å². The molecule has 0 saturated carbocycles. The zero-order chi connectivity index (χ0) is 18.7. The number of hydrogen-bond acceptors (Lipinski definition) is 4. The van der Waals surface area contributed by atoms with Gasteiger partial charge in [0.1, 0.15) is 5.75 Å². The highest BCUT2D eigenvalue weighted by Crippen LogP contribution is 2.36. The molecule has 1 N–H and O–H groups in total. The van der Waals surface area contributed by atoms with Crippen LogP contribution in [0.15, 0.2) is 58.4 Å². The predicted octanol–water partition coefficient (Wildman–Crippen LogP) is 5.10. The van der Waals surface area contributed by atoms with Gasteiger partial charge in [0.05, 0.1) is 10.6 Å². The van der Waals surface area contributed by atoms with E-state index in [0.717, 1.165) is 17.7 Å². The maximum Gasteiger partial charge on any atom is 0.266 e. The van der Waals surface area contributed by atoms with E-state index in [2.05, 4.69) is 6.92 Å². The van der Waals surface area contributed by atoms with Crippen LogP contribution in [-0.4, -0.2) is 27.1 Å². The van der Waals surface area contributed by atoms with Crippen LogP contribution in [0.5, 0.6) is 5.75 Å². The van der Waals surface area contributed by atoms with Gasteiger partial charge in [0.2, 0.25) is 0 Å². The molecule has 0 spiro atoms. The highest BCUT2D eigenvalue weighted by molar-refractivity contribution is 8.18. The summed E-state index contributed by atoms with van der Waals surface area (Å²) in [5.41, 5.74) is 2.80. The molecule has 1 aliphatic heterocycles. The minimum absolute atomic E-state index is 0.0430. The van der Waals surface area contributed by atoms with Gasteiger partial charge in [-0.3, -0.25) is 9.69 Å². The molecule has 5 heteroatoms. The van der Waals surface area contributed by atoms with Crippen molar-refractivity contribution < 1.29 is 9.90 Å². The molecule has 2 aromatic carbocycles. The van der Waals surface area contributed by atoms with Gasteiger partial charge in [0.15, 0.2) is 5.17 Å². The van der Waals surface area contributed by atoms with Crippen LogP contribution in [0.4, 0.5) is 5.69 Å². The lowest BCUT2D eigenvalue weighted by molar-refractivity contribution is -0.123. The summed E-state index contributed by atoms with van der Waals surface area (Å²) in [7, 11) is 0. The van der Waals surface area contributed by atoms with Crippen LogP contribution in [0.1, 0.15) is 31.4 Å². The van der Waals surface area contributed by atoms with E-state index in [-0.39, 0.29) is 17.7 Å². The van der Waals surface area contributed by atoms with Crippen LogP contribution in [0.3, 0.4) is 0 Å². The SMILES string of the molecule is CC[C@H](C)N1C(=O)/C(=C\c2cccc(O)c2)SC1=Nc1ccc(C)cc1. The van der Waals surface area contributed by atoms with Gasteiger partial charge < -0.3 is 5.11 Å². The molecule has 1 amide bonds. The molecular weight excluding hydrogens is 344 g/mol. The molecule has 0 radical (unpaired) electrons. The quantitative estimate of drug-likeness (QED) is 0.766. The van der Waals surface area contributed by atoms with E-state index in [1.165, 1.54) is 17.3 Å². The number of aromatic hydroxyl groups is 1. The second-order valence-electron chi connectivity index (χ2n) is 6.37. The third kappa shape index (κ3) is 3.99. The topological polar surface area (TPSA) is 52.9 Å². The molecule has 134 valence electrons. The number of phenolic OH excluding ortho intramolecular Hbond substituents is 1. The van der Waals surface area contributed by atoms with Crippen molar-refractivity contribution in [3.63, 3.8) is 0 Å². The minimum Gasteiger partial charge on any atom is -0.508 e. The first kappa shape index (κ1) is 18.3. The van der Waals surface area contributed by atoms with Gasteiger partial charge in [0, 0.05) is 6.04 Å². The number of rotatable bonds is 4. The van der Waals surface area contributed by atoms with E-state index in [0.29, 0.717) is 10.1 Å². The molecule has 1 heterocycles. The molecule has 2 aromatic rings. The summed E-state index contributed by atoms with van der Waals surface area (Å²) in [6, 6.07) is 14.9. The van der Waals surface area contributed by atoms with Crippen molar-refractivity contribution in [2.45, 2.75) is 33.2 Å². The van der Waals surface area contributed by atoms with Gasteiger partial charge in [-0.05, 0) is 67.9 Å². The molecule has 0 bridgehead atoms. The Morgan fingerprint density at radius 3 is 2.62 bits per heavy atom. The lowest BCUT2D eigenvalue weighted by Gasteiger charge is -2.22. The van der Waals surface area contributed by atoms with Crippen molar-refractivity contribution >= 4 is 34.6 Å². The Kier molecular flexibility index (Phi) is 5.47. The molecule has 0 aromatic heterocycles. The van der Waals surface area contributed by atoms with Crippen LogP contribution in [0, 0.1) is 6.92 Å². The number of hydrogen-bond donors (Lipinski definition) is 1. The number of carbonyl (C=O) groups is 1. The molecule has 3 rings (SSSR count). The van der Waals surface area contributed by atoms with Gasteiger partial charge in [0.25, 0.3) is 5.91 Å². The Morgan fingerprint density at radius 2 is 1.96 bits per heavy atom. The first-order valence-corrected chi connectivity index (χ1v) is 9.47. The molecule has 1 atom stereocenters. The second-order valence-corrected chi connectivity index (χ2v) is 7.38. The van der Waals surface area contributed by atoms with Gasteiger partial charge in [-0.1, -0.05) is 36.8 Å². The maximum absolute atomic E-state index is 12.9. The number of amidine groups is 1. The summed E-state index contributed by atoms with van der Waals surface area (Å²) >= 11 is 1.38. The highest BCUT2D eigenvalue weighted by Gasteiger charge is 2.36. The zero-order valence-corrected chi connectivity index (χ0v) is 16.0. The summed E-state index contributed by atoms with van der Waals surface area (Å²) in [4.78, 5) is 20.0. The highest BCUT2D eigenvalue weighted by atomic mass is 32.2. The van der Waals surface area contributed by atoms with Crippen LogP contribution in [0.25, 0.3) is 6.08 Å². The maximum atomic E-state index is 12.9. The van der Waals surface area contributed by atoms with Crippen LogP contribution < -0.4 is 0 Å². The third-order valence-corrected chi connectivity index (χ3v) is 5.28. The smallest absolute Gasteiger partial charge is 0.266 e. The normalized spacial score (nSPS) is 18.7. The Bertz CT molecular complexity index is 872. The number of nitrogens with zero attached hydrogens (tertiary/aromatic N) is 2. The van der Waals surface area contributed by atoms with E-state index in [4.69, 9.17) is 4.99 Å². The number of phenols is 1. The monoisotopic (exact) mass is 366 g/mol. The summed E-state index contributed by atoms with van der Waals surface area (Å²) in [5.74, 6) is 0.140. The standard InChI is InChI=1S/C21H22N2O2S/c1-4-15(3)23-20(25)19(13-16-6-5-7-18(24)12-16)26-21(23)22-17-10-8-14(2)9-11-17/h5-13,15,24H,4H2,1-3H3/b19-13+,22-21?/t15-/m0/s1. The average molecular weight is 366 g/mol. The molecule has 1 fully saturated rings. The molecule has 0 aliphatic carbocycles. The molecule has 1 aliphatic rings. The third-order valence-electron chi connectivity index (χ3n) is 4.30. The Balaban J connectivity index is 1.98. The van der Waals surface area contributed by atoms with E-state index in [1.54, 1.807) is 29.2 Å². The molecule has 26 heavy (non-hydrogen) atoms. The van der Waals surface area contributed by atoms with E-state index >= 15 is 0 Å². The van der Waals surface area contributed by atoms with E-state index in [9.17, 15) is 9.90 Å². The van der Waals surface area contributed by atoms with E-state index < -0.39 is 0 Å². The Hall–Kier alpha value is -2.53. The number of aryl methyl sites for hydroxylation is 1. The van der Waals surface area contributed by atoms with Gasteiger partial charge in [-0.15, -0.1) is 0 Å². The number of carbonyl (C=O) groups excluding carboxylic acids is 1. The lowest BCUT2D eigenvalue weighted by atomic mass is 10.2. The predicted molar refractivity (Wildman–Crippen MR) is 109 cm³/mol. The van der Waals surface area contributed by atoms with Crippen molar-refractivity contribution in [3.8, 4) is 5.75 Å². The van der Waals surface area contributed by atoms with Crippen molar-refractivity contribution in [2.75, 3.05) is 0 Å². The molecular formula is C21H22N2O2S. The van der Waals surface area contributed by atoms with Crippen molar-refractivity contribution in [1.82, 2.24) is 4.90 Å².